The summed E-state index contributed by atoms with van der Waals surface area (Å²) in [6, 6.07) is 10.4. The lowest BCUT2D eigenvalue weighted by Gasteiger charge is -2.34. The normalized spacial score (nSPS) is 28.7. The third kappa shape index (κ3) is 4.59. The molecule has 2 N–H and O–H groups in total. The van der Waals surface area contributed by atoms with Crippen molar-refractivity contribution in [3.63, 3.8) is 0 Å². The summed E-state index contributed by atoms with van der Waals surface area (Å²) in [5, 5.41) is 14.1. The second kappa shape index (κ2) is 10.2. The fraction of sp³-hybridized carbons (Fsp3) is 0.419. The summed E-state index contributed by atoms with van der Waals surface area (Å²) in [5.41, 5.74) is 6.25. The SMILES string of the molecule is COC1CC(CN2C3=C(CCCC3)C3C(O)=CC=CC32)=CC=C1OCC1=C(C)OC(c2ccccc2)N1. The molecule has 2 aliphatic heterocycles. The molecule has 0 spiro atoms. The molecule has 0 bridgehead atoms. The molecule has 5 aliphatic rings. The molecule has 0 aromatic heterocycles. The summed E-state index contributed by atoms with van der Waals surface area (Å²) in [5.74, 6) is 2.32. The molecule has 4 unspecified atom stereocenters. The van der Waals surface area contributed by atoms with Crippen LogP contribution in [0, 0.1) is 5.92 Å². The maximum atomic E-state index is 10.7. The fourth-order valence-corrected chi connectivity index (χ4v) is 6.29. The summed E-state index contributed by atoms with van der Waals surface area (Å²) >= 11 is 0. The van der Waals surface area contributed by atoms with Crippen LogP contribution in [0.25, 0.3) is 0 Å². The zero-order valence-corrected chi connectivity index (χ0v) is 21.7. The van der Waals surface area contributed by atoms with E-state index in [1.54, 1.807) is 7.11 Å². The van der Waals surface area contributed by atoms with Crippen molar-refractivity contribution >= 4 is 0 Å². The van der Waals surface area contributed by atoms with Crippen molar-refractivity contribution in [1.82, 2.24) is 10.2 Å². The Hall–Kier alpha value is -3.38. The Morgan fingerprint density at radius 1 is 1.11 bits per heavy atom. The maximum absolute atomic E-state index is 10.7. The van der Waals surface area contributed by atoms with Crippen molar-refractivity contribution in [1.29, 1.82) is 0 Å². The highest BCUT2D eigenvalue weighted by molar-refractivity contribution is 5.41. The lowest BCUT2D eigenvalue weighted by molar-refractivity contribution is 0.0651. The predicted octanol–water partition coefficient (Wildman–Crippen LogP) is 5.92. The van der Waals surface area contributed by atoms with E-state index < -0.39 is 0 Å². The number of nitrogens with one attached hydrogen (secondary N) is 1. The molecule has 4 atom stereocenters. The van der Waals surface area contributed by atoms with Gasteiger partial charge in [0.15, 0.2) is 6.23 Å². The molecule has 0 radical (unpaired) electrons. The molecular weight excluding hydrogens is 464 g/mol. The lowest BCUT2D eigenvalue weighted by Crippen LogP contribution is -2.36. The molecule has 0 fully saturated rings. The van der Waals surface area contributed by atoms with Gasteiger partial charge in [0, 0.05) is 31.3 Å². The first kappa shape index (κ1) is 24.0. The summed E-state index contributed by atoms with van der Waals surface area (Å²) < 4.78 is 18.1. The van der Waals surface area contributed by atoms with Crippen LogP contribution in [-0.2, 0) is 14.2 Å². The van der Waals surface area contributed by atoms with E-state index in [2.05, 4.69) is 40.6 Å². The first-order valence-corrected chi connectivity index (χ1v) is 13.4. The van der Waals surface area contributed by atoms with Gasteiger partial charge in [0.1, 0.15) is 30.0 Å². The zero-order chi connectivity index (χ0) is 25.4. The number of aliphatic hydroxyl groups excluding tert-OH is 1. The largest absolute Gasteiger partial charge is 0.512 e. The van der Waals surface area contributed by atoms with Crippen molar-refractivity contribution < 1.29 is 19.3 Å². The molecule has 6 heteroatoms. The Morgan fingerprint density at radius 2 is 1.95 bits per heavy atom. The molecule has 1 aromatic carbocycles. The number of methoxy groups -OCH3 is 1. The quantitative estimate of drug-likeness (QED) is 0.484. The van der Waals surface area contributed by atoms with Crippen LogP contribution in [0.15, 0.2) is 101 Å². The van der Waals surface area contributed by atoms with Crippen LogP contribution in [0.3, 0.4) is 0 Å². The second-order valence-electron chi connectivity index (χ2n) is 10.5. The van der Waals surface area contributed by atoms with Crippen LogP contribution in [-0.4, -0.2) is 42.4 Å². The van der Waals surface area contributed by atoms with E-state index in [0.717, 1.165) is 48.6 Å². The van der Waals surface area contributed by atoms with Crippen LogP contribution in [0.5, 0.6) is 0 Å². The van der Waals surface area contributed by atoms with E-state index in [0.29, 0.717) is 12.4 Å². The van der Waals surface area contributed by atoms with E-state index in [4.69, 9.17) is 14.2 Å². The molecule has 0 saturated heterocycles. The Kier molecular flexibility index (Phi) is 6.59. The molecular formula is C31H36N2O4. The monoisotopic (exact) mass is 500 g/mol. The van der Waals surface area contributed by atoms with Gasteiger partial charge in [0.25, 0.3) is 0 Å². The molecule has 37 heavy (non-hydrogen) atoms. The highest BCUT2D eigenvalue weighted by Crippen LogP contribution is 2.47. The topological polar surface area (TPSA) is 63.2 Å². The molecule has 6 rings (SSSR count). The molecule has 0 saturated carbocycles. The van der Waals surface area contributed by atoms with E-state index in [1.165, 1.54) is 29.7 Å². The number of nitrogens with zero attached hydrogens (tertiary/aromatic N) is 1. The van der Waals surface area contributed by atoms with Crippen molar-refractivity contribution in [2.45, 2.75) is 57.4 Å². The minimum atomic E-state index is -0.184. The summed E-state index contributed by atoms with van der Waals surface area (Å²) in [4.78, 5) is 2.52. The second-order valence-corrected chi connectivity index (χ2v) is 10.5. The van der Waals surface area contributed by atoms with Crippen molar-refractivity contribution in [3.05, 3.63) is 106 Å². The molecule has 3 aliphatic carbocycles. The summed E-state index contributed by atoms with van der Waals surface area (Å²) in [7, 11) is 1.75. The van der Waals surface area contributed by atoms with E-state index >= 15 is 0 Å². The third-order valence-electron chi connectivity index (χ3n) is 8.21. The Bertz CT molecular complexity index is 1220. The van der Waals surface area contributed by atoms with Crippen LogP contribution in [0.1, 0.15) is 50.8 Å². The van der Waals surface area contributed by atoms with Gasteiger partial charge in [-0.3, -0.25) is 0 Å². The van der Waals surface area contributed by atoms with Crippen LogP contribution in [0.2, 0.25) is 0 Å². The molecule has 0 amide bonds. The fourth-order valence-electron chi connectivity index (χ4n) is 6.29. The minimum absolute atomic E-state index is 0.120. The number of allylic oxidation sites excluding steroid dienone is 6. The molecule has 6 nitrogen and oxygen atoms in total. The number of aliphatic hydroxyl groups is 1. The predicted molar refractivity (Wildman–Crippen MR) is 143 cm³/mol. The molecule has 1 aromatic rings. The van der Waals surface area contributed by atoms with Crippen LogP contribution < -0.4 is 5.32 Å². The maximum Gasteiger partial charge on any atom is 0.195 e. The van der Waals surface area contributed by atoms with Gasteiger partial charge in [-0.05, 0) is 55.9 Å². The van der Waals surface area contributed by atoms with Crippen molar-refractivity contribution in [2.75, 3.05) is 20.3 Å². The van der Waals surface area contributed by atoms with Crippen LogP contribution in [0.4, 0.5) is 0 Å². The van der Waals surface area contributed by atoms with Gasteiger partial charge in [-0.1, -0.05) is 48.6 Å². The van der Waals surface area contributed by atoms with Gasteiger partial charge < -0.3 is 29.5 Å². The van der Waals surface area contributed by atoms with E-state index in [-0.39, 0.29) is 24.3 Å². The summed E-state index contributed by atoms with van der Waals surface area (Å²) in [6.07, 6.45) is 15.5. The van der Waals surface area contributed by atoms with Crippen LogP contribution >= 0.6 is 0 Å². The number of hydrogen-bond acceptors (Lipinski definition) is 6. The molecule has 2 heterocycles. The number of benzene rings is 1. The van der Waals surface area contributed by atoms with Gasteiger partial charge in [-0.2, -0.15) is 0 Å². The van der Waals surface area contributed by atoms with E-state index in [9.17, 15) is 5.11 Å². The number of rotatable bonds is 7. The van der Waals surface area contributed by atoms with Gasteiger partial charge in [0.2, 0.25) is 0 Å². The number of fused-ring (bicyclic) bond motifs is 2. The smallest absolute Gasteiger partial charge is 0.195 e. The highest BCUT2D eigenvalue weighted by atomic mass is 16.5. The highest BCUT2D eigenvalue weighted by Gasteiger charge is 2.43. The van der Waals surface area contributed by atoms with Gasteiger partial charge in [0.05, 0.1) is 17.7 Å². The zero-order valence-electron chi connectivity index (χ0n) is 21.7. The number of hydrogen-bond donors (Lipinski definition) is 2. The van der Waals surface area contributed by atoms with E-state index in [1.807, 2.05) is 37.3 Å². The first-order valence-electron chi connectivity index (χ1n) is 13.4. The van der Waals surface area contributed by atoms with Crippen molar-refractivity contribution in [2.24, 2.45) is 5.92 Å². The minimum Gasteiger partial charge on any atom is -0.512 e. The standard InChI is InChI=1S/C31H36N2O4/c1-20-24(32-31(37-20)22-9-4-3-5-10-22)19-36-28-16-15-21(17-29(28)35-2)18-33-25-12-7-6-11-23(25)30-26(33)13-8-14-27(30)34/h3-5,8-10,13-16,26,29-32,34H,6-7,11-12,17-19H2,1-2H3. The van der Waals surface area contributed by atoms with Gasteiger partial charge in [-0.25, -0.2) is 0 Å². The number of ether oxygens (including phenoxy) is 3. The first-order chi connectivity index (χ1) is 18.1. The Morgan fingerprint density at radius 3 is 2.78 bits per heavy atom. The van der Waals surface area contributed by atoms with Crippen molar-refractivity contribution in [3.8, 4) is 0 Å². The average Bonchev–Trinajstić information content (AvgIpc) is 3.46. The lowest BCUT2D eigenvalue weighted by atomic mass is 9.84. The Labute approximate surface area is 219 Å². The van der Waals surface area contributed by atoms with Gasteiger partial charge in [-0.15, -0.1) is 0 Å². The third-order valence-corrected chi connectivity index (χ3v) is 8.21. The average molecular weight is 501 g/mol. The van der Waals surface area contributed by atoms with Gasteiger partial charge >= 0.3 is 0 Å². The molecule has 194 valence electrons. The Balaban J connectivity index is 1.13. The summed E-state index contributed by atoms with van der Waals surface area (Å²) in [6.45, 7) is 3.23.